The lowest BCUT2D eigenvalue weighted by atomic mass is 9.81. The summed E-state index contributed by atoms with van der Waals surface area (Å²) in [6.07, 6.45) is 1.57. The Morgan fingerprint density at radius 1 is 0.932 bits per heavy atom. The molecule has 310 valence electrons. The number of nitrogens with zero attached hydrogens (tertiary/aromatic N) is 4. The smallest absolute Gasteiger partial charge is 0.407 e. The van der Waals surface area contributed by atoms with Gasteiger partial charge in [-0.05, 0) is 128 Å². The monoisotopic (exact) mass is 805 g/mol. The van der Waals surface area contributed by atoms with Crippen LogP contribution in [-0.2, 0) is 20.7 Å². The Bertz CT molecular complexity index is 2170. The Balaban J connectivity index is 1.03. The SMILES string of the molecule is Cc1ccc(C[C@H](NC(=O)[C@H]2CC[C@H](CNC(=O)OC(C)(C)C)CC2)C(=O)Nc2ccc(-c3nnn[nH]3)cc2)cc1-c1cccc(C(=O)NC2C3CN(C(=O)O)CC32)c1. The van der Waals surface area contributed by atoms with Gasteiger partial charge in [0, 0.05) is 66.7 Å². The topological polar surface area (TPSA) is 221 Å². The molecule has 1 saturated heterocycles. The summed E-state index contributed by atoms with van der Waals surface area (Å²) in [6, 6.07) is 19.4. The number of piperidine rings is 1. The average Bonchev–Trinajstić information content (AvgIpc) is 3.57. The molecule has 59 heavy (non-hydrogen) atoms. The fourth-order valence-electron chi connectivity index (χ4n) is 8.19. The number of carbonyl (C=O) groups is 5. The number of amides is 5. The highest BCUT2D eigenvalue weighted by Crippen LogP contribution is 2.45. The molecule has 5 amide bonds. The lowest BCUT2D eigenvalue weighted by Crippen LogP contribution is -2.48. The van der Waals surface area contributed by atoms with Gasteiger partial charge in [0.2, 0.25) is 11.8 Å². The molecule has 2 aliphatic carbocycles. The van der Waals surface area contributed by atoms with Gasteiger partial charge in [-0.15, -0.1) is 5.10 Å². The van der Waals surface area contributed by atoms with Crippen LogP contribution in [0.2, 0.25) is 0 Å². The third-order valence-electron chi connectivity index (χ3n) is 11.5. The average molecular weight is 806 g/mol. The molecule has 1 aromatic heterocycles. The molecule has 0 radical (unpaired) electrons. The van der Waals surface area contributed by atoms with Gasteiger partial charge in [0.25, 0.3) is 5.91 Å². The second-order valence-electron chi connectivity index (χ2n) is 16.9. The number of anilines is 1. The van der Waals surface area contributed by atoms with E-state index in [1.165, 1.54) is 4.90 Å². The zero-order chi connectivity index (χ0) is 41.8. The fraction of sp³-hybridized carbons (Fsp3) is 0.442. The zero-order valence-electron chi connectivity index (χ0n) is 33.7. The number of alkyl carbamates (subject to hydrolysis) is 1. The lowest BCUT2D eigenvalue weighted by Gasteiger charge is -2.29. The number of H-pyrrole nitrogens is 1. The molecule has 2 unspecified atom stereocenters. The van der Waals surface area contributed by atoms with E-state index in [0.29, 0.717) is 49.6 Å². The van der Waals surface area contributed by atoms with Crippen LogP contribution >= 0.6 is 0 Å². The predicted octanol–water partition coefficient (Wildman–Crippen LogP) is 5.18. The molecule has 3 atom stereocenters. The number of likely N-dealkylation sites (tertiary alicyclic amines) is 1. The normalized spacial score (nSPS) is 21.4. The summed E-state index contributed by atoms with van der Waals surface area (Å²) in [6.45, 7) is 8.76. The van der Waals surface area contributed by atoms with Gasteiger partial charge in [-0.3, -0.25) is 14.4 Å². The molecular formula is C43H51N9O7. The minimum Gasteiger partial charge on any atom is -0.465 e. The first kappa shape index (κ1) is 40.9. The van der Waals surface area contributed by atoms with Crippen molar-refractivity contribution in [1.29, 1.82) is 0 Å². The summed E-state index contributed by atoms with van der Waals surface area (Å²) in [4.78, 5) is 66.1. The van der Waals surface area contributed by atoms with Crippen LogP contribution in [0.15, 0.2) is 66.7 Å². The van der Waals surface area contributed by atoms with Crippen LogP contribution in [0.4, 0.5) is 15.3 Å². The van der Waals surface area contributed by atoms with Crippen molar-refractivity contribution in [1.82, 2.24) is 41.5 Å². The van der Waals surface area contributed by atoms with Crippen molar-refractivity contribution in [2.45, 2.75) is 77.5 Å². The van der Waals surface area contributed by atoms with Crippen molar-refractivity contribution >= 4 is 35.6 Å². The van der Waals surface area contributed by atoms with Crippen molar-refractivity contribution in [3.63, 3.8) is 0 Å². The van der Waals surface area contributed by atoms with Crippen molar-refractivity contribution in [3.05, 3.63) is 83.4 Å². The van der Waals surface area contributed by atoms with Crippen LogP contribution in [0.5, 0.6) is 0 Å². The number of aryl methyl sites for hydroxylation is 1. The van der Waals surface area contributed by atoms with Crippen LogP contribution in [0, 0.1) is 30.6 Å². The Morgan fingerprint density at radius 3 is 2.32 bits per heavy atom. The number of hydrogen-bond donors (Lipinski definition) is 6. The summed E-state index contributed by atoms with van der Waals surface area (Å²) in [5.41, 5.74) is 4.70. The summed E-state index contributed by atoms with van der Waals surface area (Å²) in [7, 11) is 0. The minimum atomic E-state index is -0.931. The van der Waals surface area contributed by atoms with Crippen LogP contribution in [0.3, 0.4) is 0 Å². The number of nitrogens with one attached hydrogen (secondary N) is 5. The van der Waals surface area contributed by atoms with E-state index in [4.69, 9.17) is 4.74 Å². The molecule has 0 spiro atoms. The highest BCUT2D eigenvalue weighted by molar-refractivity contribution is 5.98. The number of rotatable bonds is 12. The number of hydrogen-bond acceptors (Lipinski definition) is 9. The standard InChI is InChI=1S/C43H51N9O7/c1-24-8-9-26(18-32(24)29-6-5-7-30(20-29)39(54)47-36-33-22-52(42(57)58)23-34(33)36)19-35(40(55)45-31-16-14-27(15-17-31)37-48-50-51-49-37)46-38(53)28-12-10-25(11-13-28)21-44-41(56)59-43(2,3)4/h5-9,14-18,20,25,28,33-36H,10-13,19,21-23H2,1-4H3,(H,44,56)(H,45,55)(H,46,53)(H,47,54)(H,57,58)(H,48,49,50,51)/t25-,28-,33?,34?,35-,36?/m0/s1. The maximum atomic E-state index is 14.0. The number of carbonyl (C=O) groups excluding carboxylic acids is 4. The van der Waals surface area contributed by atoms with Crippen molar-refractivity contribution in [2.24, 2.45) is 23.7 Å². The lowest BCUT2D eigenvalue weighted by molar-refractivity contribution is -0.130. The van der Waals surface area contributed by atoms with Crippen molar-refractivity contribution in [2.75, 3.05) is 25.0 Å². The quantitative estimate of drug-likeness (QED) is 0.110. The second kappa shape index (κ2) is 17.3. The first-order valence-corrected chi connectivity index (χ1v) is 20.1. The second-order valence-corrected chi connectivity index (χ2v) is 16.9. The highest BCUT2D eigenvalue weighted by atomic mass is 16.6. The Hall–Kier alpha value is -6.32. The number of carboxylic acid groups (broad SMARTS) is 1. The van der Waals surface area contributed by atoms with Crippen LogP contribution in [0.1, 0.15) is 67.9 Å². The number of ether oxygens (including phenoxy) is 1. The van der Waals surface area contributed by atoms with Crippen LogP contribution in [0.25, 0.3) is 22.5 Å². The maximum absolute atomic E-state index is 14.0. The van der Waals surface area contributed by atoms with Gasteiger partial charge in [-0.1, -0.05) is 30.3 Å². The molecule has 6 N–H and O–H groups in total. The van der Waals surface area contributed by atoms with E-state index in [9.17, 15) is 29.1 Å². The molecule has 16 nitrogen and oxygen atoms in total. The molecule has 3 aromatic carbocycles. The van der Waals surface area contributed by atoms with Gasteiger partial charge in [0.15, 0.2) is 5.82 Å². The third kappa shape index (κ3) is 10.2. The third-order valence-corrected chi connectivity index (χ3v) is 11.5. The Kier molecular flexibility index (Phi) is 12.0. The van der Waals surface area contributed by atoms with Gasteiger partial charge in [-0.25, -0.2) is 14.7 Å². The van der Waals surface area contributed by atoms with Gasteiger partial charge < -0.3 is 36.0 Å². The largest absolute Gasteiger partial charge is 0.465 e. The minimum absolute atomic E-state index is 0.0372. The van der Waals surface area contributed by atoms with Crippen LogP contribution in [-0.4, -0.2) is 97.9 Å². The van der Waals surface area contributed by atoms with Gasteiger partial charge in [0.1, 0.15) is 11.6 Å². The van der Waals surface area contributed by atoms with Gasteiger partial charge >= 0.3 is 12.2 Å². The van der Waals surface area contributed by atoms with E-state index >= 15 is 0 Å². The van der Waals surface area contributed by atoms with Gasteiger partial charge in [0.05, 0.1) is 0 Å². The molecule has 2 heterocycles. The number of aromatic amines is 1. The zero-order valence-corrected chi connectivity index (χ0v) is 33.7. The Morgan fingerprint density at radius 2 is 1.66 bits per heavy atom. The summed E-state index contributed by atoms with van der Waals surface area (Å²) < 4.78 is 5.36. The van der Waals surface area contributed by atoms with Crippen LogP contribution < -0.4 is 21.3 Å². The molecule has 3 aliphatic rings. The van der Waals surface area contributed by atoms with Crippen molar-refractivity contribution in [3.8, 4) is 22.5 Å². The Labute approximate surface area is 342 Å². The first-order valence-electron chi connectivity index (χ1n) is 20.1. The molecule has 3 fully saturated rings. The predicted molar refractivity (Wildman–Crippen MR) is 218 cm³/mol. The maximum Gasteiger partial charge on any atom is 0.407 e. The van der Waals surface area contributed by atoms with E-state index in [2.05, 4.69) is 41.9 Å². The van der Waals surface area contributed by atoms with E-state index in [0.717, 1.165) is 40.7 Å². The molecule has 0 bridgehead atoms. The summed E-state index contributed by atoms with van der Waals surface area (Å²) in [5.74, 6) is -0.0756. The van der Waals surface area contributed by atoms with Gasteiger partial charge in [-0.2, -0.15) is 0 Å². The highest BCUT2D eigenvalue weighted by Gasteiger charge is 2.57. The van der Waals surface area contributed by atoms with E-state index < -0.39 is 23.8 Å². The van der Waals surface area contributed by atoms with E-state index in [1.54, 1.807) is 30.3 Å². The molecule has 7 rings (SSSR count). The van der Waals surface area contributed by atoms with E-state index in [-0.39, 0.29) is 53.9 Å². The van der Waals surface area contributed by atoms with Crippen molar-refractivity contribution < 1.29 is 33.8 Å². The first-order chi connectivity index (χ1) is 28.2. The number of benzene rings is 3. The fourth-order valence-corrected chi connectivity index (χ4v) is 8.19. The number of aromatic nitrogens is 4. The molecular weight excluding hydrogens is 755 g/mol. The molecule has 2 saturated carbocycles. The number of tetrazole rings is 1. The summed E-state index contributed by atoms with van der Waals surface area (Å²) >= 11 is 0. The summed E-state index contributed by atoms with van der Waals surface area (Å²) in [5, 5.41) is 35.1. The number of fused-ring (bicyclic) bond motifs is 1. The molecule has 16 heteroatoms. The molecule has 4 aromatic rings. The molecule has 1 aliphatic heterocycles. The van der Waals surface area contributed by atoms with E-state index in [1.807, 2.05) is 64.1 Å².